The van der Waals surface area contributed by atoms with Crippen molar-refractivity contribution in [3.05, 3.63) is 17.7 Å². The summed E-state index contributed by atoms with van der Waals surface area (Å²) in [5.41, 5.74) is 5.90. The zero-order valence-electron chi connectivity index (χ0n) is 11.6. The number of rotatable bonds is 5. The predicted octanol–water partition coefficient (Wildman–Crippen LogP) is 1.54. The van der Waals surface area contributed by atoms with Gasteiger partial charge in [-0.3, -0.25) is 9.59 Å². The Morgan fingerprint density at radius 1 is 1.20 bits per heavy atom. The molecule has 0 unspecified atom stereocenters. The molecule has 0 spiro atoms. The Morgan fingerprint density at radius 2 is 1.80 bits per heavy atom. The largest absolute Gasteiger partial charge is 0.493 e. The third kappa shape index (κ3) is 2.68. The van der Waals surface area contributed by atoms with Crippen LogP contribution < -0.4 is 20.5 Å². The normalized spacial score (nSPS) is 14.3. The number of carbonyl (C=O) groups excluding carboxylic acids is 2. The number of ether oxygens (including phenoxy) is 2. The van der Waals surface area contributed by atoms with Gasteiger partial charge in [0, 0.05) is 12.0 Å². The van der Waals surface area contributed by atoms with Crippen LogP contribution in [0.4, 0.5) is 5.69 Å². The van der Waals surface area contributed by atoms with Gasteiger partial charge in [0.15, 0.2) is 11.5 Å². The number of nitrogens with two attached hydrogens (primary N) is 1. The van der Waals surface area contributed by atoms with Crippen LogP contribution in [-0.4, -0.2) is 26.0 Å². The number of benzene rings is 1. The minimum atomic E-state index is -0.630. The number of nitrogens with one attached hydrogen (secondary N) is 1. The highest BCUT2D eigenvalue weighted by Crippen LogP contribution is 2.34. The molecule has 0 radical (unpaired) electrons. The van der Waals surface area contributed by atoms with Crippen molar-refractivity contribution in [1.82, 2.24) is 0 Å². The fourth-order valence-electron chi connectivity index (χ4n) is 2.09. The summed E-state index contributed by atoms with van der Waals surface area (Å²) in [6.45, 7) is 0. The predicted molar refractivity (Wildman–Crippen MR) is 74.0 cm³/mol. The average molecular weight is 278 g/mol. The van der Waals surface area contributed by atoms with Crippen molar-refractivity contribution in [3.8, 4) is 11.5 Å². The molecule has 0 heterocycles. The molecule has 6 nitrogen and oxygen atoms in total. The molecule has 108 valence electrons. The fraction of sp³-hybridized carbons (Fsp3) is 0.429. The number of anilines is 1. The smallest absolute Gasteiger partial charge is 0.250 e. The van der Waals surface area contributed by atoms with Crippen LogP contribution in [0.3, 0.4) is 0 Å². The number of amides is 2. The van der Waals surface area contributed by atoms with Crippen LogP contribution in [0.1, 0.15) is 29.6 Å². The zero-order valence-corrected chi connectivity index (χ0v) is 11.6. The molecule has 20 heavy (non-hydrogen) atoms. The maximum Gasteiger partial charge on any atom is 0.250 e. The van der Waals surface area contributed by atoms with E-state index in [-0.39, 0.29) is 17.4 Å². The van der Waals surface area contributed by atoms with E-state index in [2.05, 4.69) is 5.32 Å². The Balaban J connectivity index is 2.33. The van der Waals surface area contributed by atoms with Crippen LogP contribution >= 0.6 is 0 Å². The first-order chi connectivity index (χ1) is 9.56. The maximum absolute atomic E-state index is 12.0. The quantitative estimate of drug-likeness (QED) is 0.854. The second-order valence-corrected chi connectivity index (χ2v) is 4.73. The van der Waals surface area contributed by atoms with Gasteiger partial charge in [0.1, 0.15) is 0 Å². The molecule has 1 aromatic carbocycles. The van der Waals surface area contributed by atoms with Crippen molar-refractivity contribution in [2.75, 3.05) is 19.5 Å². The number of methoxy groups -OCH3 is 2. The van der Waals surface area contributed by atoms with Crippen LogP contribution in [0.5, 0.6) is 11.5 Å². The first-order valence-electron chi connectivity index (χ1n) is 6.43. The van der Waals surface area contributed by atoms with Crippen LogP contribution in [0.15, 0.2) is 12.1 Å². The second kappa shape index (κ2) is 5.81. The Bertz CT molecular complexity index is 538. The van der Waals surface area contributed by atoms with Gasteiger partial charge in [0.2, 0.25) is 5.91 Å². The Hall–Kier alpha value is -2.24. The minimum absolute atomic E-state index is 0.0174. The molecule has 6 heteroatoms. The summed E-state index contributed by atoms with van der Waals surface area (Å²) in [5, 5.41) is 2.74. The molecule has 1 fully saturated rings. The molecular weight excluding hydrogens is 260 g/mol. The van der Waals surface area contributed by atoms with Crippen molar-refractivity contribution in [1.29, 1.82) is 0 Å². The number of hydrogen-bond acceptors (Lipinski definition) is 4. The summed E-state index contributed by atoms with van der Waals surface area (Å²) >= 11 is 0. The van der Waals surface area contributed by atoms with Gasteiger partial charge in [-0.25, -0.2) is 0 Å². The van der Waals surface area contributed by atoms with E-state index < -0.39 is 5.91 Å². The van der Waals surface area contributed by atoms with Gasteiger partial charge in [-0.2, -0.15) is 0 Å². The summed E-state index contributed by atoms with van der Waals surface area (Å²) < 4.78 is 10.3. The topological polar surface area (TPSA) is 90.6 Å². The van der Waals surface area contributed by atoms with Gasteiger partial charge in [-0.1, -0.05) is 6.42 Å². The van der Waals surface area contributed by atoms with Crippen molar-refractivity contribution in [2.24, 2.45) is 11.7 Å². The lowest BCUT2D eigenvalue weighted by Crippen LogP contribution is -2.29. The fourth-order valence-corrected chi connectivity index (χ4v) is 2.09. The SMILES string of the molecule is COc1cc(NC(=O)C2CCC2)c(C(N)=O)cc1OC. The van der Waals surface area contributed by atoms with E-state index in [1.54, 1.807) is 6.07 Å². The first kappa shape index (κ1) is 14.2. The monoisotopic (exact) mass is 278 g/mol. The number of primary amides is 1. The Morgan fingerprint density at radius 3 is 2.25 bits per heavy atom. The zero-order chi connectivity index (χ0) is 14.7. The molecule has 2 amide bonds. The third-order valence-corrected chi connectivity index (χ3v) is 3.52. The molecule has 0 aromatic heterocycles. The van der Waals surface area contributed by atoms with E-state index in [0.717, 1.165) is 19.3 Å². The van der Waals surface area contributed by atoms with E-state index >= 15 is 0 Å². The van der Waals surface area contributed by atoms with Crippen molar-refractivity contribution < 1.29 is 19.1 Å². The molecule has 0 bridgehead atoms. The molecular formula is C14H18N2O4. The number of carbonyl (C=O) groups is 2. The molecule has 2 rings (SSSR count). The van der Waals surface area contributed by atoms with E-state index in [1.807, 2.05) is 0 Å². The molecule has 1 aliphatic rings. The average Bonchev–Trinajstić information content (AvgIpc) is 2.35. The van der Waals surface area contributed by atoms with E-state index in [4.69, 9.17) is 15.2 Å². The van der Waals surface area contributed by atoms with E-state index in [0.29, 0.717) is 17.2 Å². The van der Waals surface area contributed by atoms with Crippen molar-refractivity contribution >= 4 is 17.5 Å². The highest BCUT2D eigenvalue weighted by Gasteiger charge is 2.26. The molecule has 0 atom stereocenters. The molecule has 1 aromatic rings. The van der Waals surface area contributed by atoms with Crippen molar-refractivity contribution in [3.63, 3.8) is 0 Å². The molecule has 1 aliphatic carbocycles. The van der Waals surface area contributed by atoms with Crippen LogP contribution in [-0.2, 0) is 4.79 Å². The summed E-state index contributed by atoms with van der Waals surface area (Å²) in [6, 6.07) is 3.02. The van der Waals surface area contributed by atoms with Gasteiger partial charge in [-0.05, 0) is 18.9 Å². The summed E-state index contributed by atoms with van der Waals surface area (Å²) in [7, 11) is 2.95. The second-order valence-electron chi connectivity index (χ2n) is 4.73. The van der Waals surface area contributed by atoms with E-state index in [9.17, 15) is 9.59 Å². The lowest BCUT2D eigenvalue weighted by atomic mass is 9.85. The highest BCUT2D eigenvalue weighted by atomic mass is 16.5. The number of hydrogen-bond donors (Lipinski definition) is 2. The molecule has 0 saturated heterocycles. The minimum Gasteiger partial charge on any atom is -0.493 e. The standard InChI is InChI=1S/C14H18N2O4/c1-19-11-6-9(13(15)17)10(7-12(11)20-2)16-14(18)8-4-3-5-8/h6-8H,3-5H2,1-2H3,(H2,15,17)(H,16,18). The van der Waals surface area contributed by atoms with E-state index in [1.165, 1.54) is 20.3 Å². The lowest BCUT2D eigenvalue weighted by molar-refractivity contribution is -0.122. The third-order valence-electron chi connectivity index (χ3n) is 3.52. The maximum atomic E-state index is 12.0. The molecule has 0 aliphatic heterocycles. The van der Waals surface area contributed by atoms with Gasteiger partial charge in [0.05, 0.1) is 25.5 Å². The molecule has 3 N–H and O–H groups in total. The Kier molecular flexibility index (Phi) is 4.12. The van der Waals surface area contributed by atoms with Gasteiger partial charge in [0.25, 0.3) is 5.91 Å². The van der Waals surface area contributed by atoms with Crippen LogP contribution in [0.2, 0.25) is 0 Å². The van der Waals surface area contributed by atoms with Crippen LogP contribution in [0.25, 0.3) is 0 Å². The Labute approximate surface area is 117 Å². The first-order valence-corrected chi connectivity index (χ1v) is 6.43. The van der Waals surface area contributed by atoms with Gasteiger partial charge in [-0.15, -0.1) is 0 Å². The van der Waals surface area contributed by atoms with Gasteiger partial charge >= 0.3 is 0 Å². The molecule has 1 saturated carbocycles. The summed E-state index contributed by atoms with van der Waals surface area (Å²) in [5.74, 6) is 0.119. The van der Waals surface area contributed by atoms with Gasteiger partial charge < -0.3 is 20.5 Å². The highest BCUT2D eigenvalue weighted by molar-refractivity contribution is 6.04. The lowest BCUT2D eigenvalue weighted by Gasteiger charge is -2.24. The summed E-state index contributed by atoms with van der Waals surface area (Å²) in [6.07, 6.45) is 2.82. The van der Waals surface area contributed by atoms with Crippen molar-refractivity contribution in [2.45, 2.75) is 19.3 Å². The van der Waals surface area contributed by atoms with Crippen LogP contribution in [0, 0.1) is 5.92 Å². The summed E-state index contributed by atoms with van der Waals surface area (Å²) in [4.78, 5) is 23.5.